The van der Waals surface area contributed by atoms with E-state index in [0.29, 0.717) is 5.69 Å². The van der Waals surface area contributed by atoms with Crippen molar-refractivity contribution in [2.24, 2.45) is 0 Å². The molecule has 1 aromatic carbocycles. The minimum absolute atomic E-state index is 0.00585. The summed E-state index contributed by atoms with van der Waals surface area (Å²) in [6.45, 7) is 0. The van der Waals surface area contributed by atoms with Gasteiger partial charge in [0.15, 0.2) is 0 Å². The van der Waals surface area contributed by atoms with Crippen molar-refractivity contribution < 1.29 is 18.7 Å². The van der Waals surface area contributed by atoms with Crippen molar-refractivity contribution in [3.05, 3.63) is 50.9 Å². The summed E-state index contributed by atoms with van der Waals surface area (Å²) in [6.07, 6.45) is 0. The van der Waals surface area contributed by atoms with Gasteiger partial charge in [-0.25, -0.2) is 9.18 Å². The van der Waals surface area contributed by atoms with E-state index in [1.807, 2.05) is 0 Å². The van der Waals surface area contributed by atoms with Gasteiger partial charge in [-0.2, -0.15) is 0 Å². The molecule has 2 rings (SSSR count). The number of halogens is 2. The van der Waals surface area contributed by atoms with Gasteiger partial charge in [0.05, 0.1) is 23.4 Å². The van der Waals surface area contributed by atoms with Crippen molar-refractivity contribution in [3.63, 3.8) is 0 Å². The van der Waals surface area contributed by atoms with Gasteiger partial charge in [0.25, 0.3) is 5.91 Å². The van der Waals surface area contributed by atoms with Crippen LogP contribution in [-0.4, -0.2) is 19.0 Å². The van der Waals surface area contributed by atoms with Crippen LogP contribution in [0.15, 0.2) is 29.6 Å². The SMILES string of the molecule is COC(=O)c1sccc1NC(=O)c1cccc(F)c1Cl. The second-order valence-electron chi connectivity index (χ2n) is 3.71. The van der Waals surface area contributed by atoms with Gasteiger partial charge in [0.2, 0.25) is 0 Å². The van der Waals surface area contributed by atoms with E-state index in [0.717, 1.165) is 17.4 Å². The Labute approximate surface area is 123 Å². The predicted octanol–water partition coefficient (Wildman–Crippen LogP) is 3.58. The number of hydrogen-bond donors (Lipinski definition) is 1. The summed E-state index contributed by atoms with van der Waals surface area (Å²) in [5.41, 5.74) is 0.292. The van der Waals surface area contributed by atoms with Gasteiger partial charge in [0, 0.05) is 0 Å². The average molecular weight is 314 g/mol. The number of methoxy groups -OCH3 is 1. The number of carbonyl (C=O) groups excluding carboxylic acids is 2. The molecule has 1 aromatic heterocycles. The number of rotatable bonds is 3. The molecule has 0 saturated heterocycles. The van der Waals surface area contributed by atoms with Crippen molar-refractivity contribution in [1.82, 2.24) is 0 Å². The Hall–Kier alpha value is -1.92. The molecule has 0 aliphatic heterocycles. The smallest absolute Gasteiger partial charge is 0.350 e. The van der Waals surface area contributed by atoms with Gasteiger partial charge in [-0.05, 0) is 23.6 Å². The zero-order chi connectivity index (χ0) is 14.7. The van der Waals surface area contributed by atoms with Crippen LogP contribution in [0.25, 0.3) is 0 Å². The summed E-state index contributed by atoms with van der Waals surface area (Å²) in [4.78, 5) is 23.8. The van der Waals surface area contributed by atoms with Crippen LogP contribution in [-0.2, 0) is 4.74 Å². The van der Waals surface area contributed by atoms with E-state index < -0.39 is 17.7 Å². The maximum absolute atomic E-state index is 13.3. The Morgan fingerprint density at radius 2 is 2.10 bits per heavy atom. The standard InChI is InChI=1S/C13H9ClFNO3S/c1-19-13(18)11-9(5-6-20-11)16-12(17)7-3-2-4-8(15)10(7)14/h2-6H,1H3,(H,16,17). The maximum atomic E-state index is 13.3. The molecular formula is C13H9ClFNO3S. The van der Waals surface area contributed by atoms with Crippen LogP contribution in [0.3, 0.4) is 0 Å². The molecule has 0 aliphatic rings. The van der Waals surface area contributed by atoms with Crippen LogP contribution in [0.2, 0.25) is 5.02 Å². The van der Waals surface area contributed by atoms with E-state index in [1.54, 1.807) is 11.4 Å². The first kappa shape index (κ1) is 14.5. The van der Waals surface area contributed by atoms with Gasteiger partial charge in [-0.1, -0.05) is 17.7 Å². The Bertz CT molecular complexity index is 671. The molecule has 1 N–H and O–H groups in total. The number of anilines is 1. The lowest BCUT2D eigenvalue weighted by Gasteiger charge is -2.07. The number of amides is 1. The first-order valence-corrected chi connectivity index (χ1v) is 6.71. The van der Waals surface area contributed by atoms with Gasteiger partial charge >= 0.3 is 5.97 Å². The Balaban J connectivity index is 2.27. The summed E-state index contributed by atoms with van der Waals surface area (Å²) in [5.74, 6) is -1.84. The van der Waals surface area contributed by atoms with Crippen LogP contribution in [0, 0.1) is 5.82 Å². The predicted molar refractivity (Wildman–Crippen MR) is 75.0 cm³/mol. The van der Waals surface area contributed by atoms with Gasteiger partial charge < -0.3 is 10.1 Å². The van der Waals surface area contributed by atoms with Crippen molar-refractivity contribution in [3.8, 4) is 0 Å². The minimum atomic E-state index is -0.683. The Morgan fingerprint density at radius 3 is 2.80 bits per heavy atom. The Kier molecular flexibility index (Phi) is 4.36. The third-order valence-corrected chi connectivity index (χ3v) is 3.76. The number of benzene rings is 1. The summed E-state index contributed by atoms with van der Waals surface area (Å²) in [7, 11) is 1.25. The highest BCUT2D eigenvalue weighted by Crippen LogP contribution is 2.25. The highest BCUT2D eigenvalue weighted by molar-refractivity contribution is 7.12. The minimum Gasteiger partial charge on any atom is -0.465 e. The van der Waals surface area contributed by atoms with Crippen LogP contribution in [0.4, 0.5) is 10.1 Å². The third kappa shape index (κ3) is 2.81. The molecule has 0 unspecified atom stereocenters. The van der Waals surface area contributed by atoms with Crippen molar-refractivity contribution >= 4 is 40.5 Å². The topological polar surface area (TPSA) is 55.4 Å². The monoisotopic (exact) mass is 313 g/mol. The second-order valence-corrected chi connectivity index (χ2v) is 5.00. The fourth-order valence-corrected chi connectivity index (χ4v) is 2.50. The normalized spacial score (nSPS) is 10.2. The zero-order valence-electron chi connectivity index (χ0n) is 10.3. The molecule has 4 nitrogen and oxygen atoms in total. The lowest BCUT2D eigenvalue weighted by molar-refractivity contribution is 0.0607. The summed E-state index contributed by atoms with van der Waals surface area (Å²) < 4.78 is 17.9. The number of hydrogen-bond acceptors (Lipinski definition) is 4. The molecule has 1 amide bonds. The molecule has 20 heavy (non-hydrogen) atoms. The number of carbonyl (C=O) groups is 2. The molecule has 0 aliphatic carbocycles. The summed E-state index contributed by atoms with van der Waals surface area (Å²) >= 11 is 6.86. The third-order valence-electron chi connectivity index (χ3n) is 2.48. The molecule has 0 atom stereocenters. The maximum Gasteiger partial charge on any atom is 0.350 e. The molecule has 104 valence electrons. The van der Waals surface area contributed by atoms with E-state index >= 15 is 0 Å². The second kappa shape index (κ2) is 6.02. The molecule has 0 bridgehead atoms. The number of nitrogens with one attached hydrogen (secondary N) is 1. The first-order chi connectivity index (χ1) is 9.54. The van der Waals surface area contributed by atoms with E-state index in [2.05, 4.69) is 10.1 Å². The molecule has 0 radical (unpaired) electrons. The Morgan fingerprint density at radius 1 is 1.35 bits per heavy atom. The molecular weight excluding hydrogens is 305 g/mol. The van der Waals surface area contributed by atoms with E-state index in [9.17, 15) is 14.0 Å². The molecule has 7 heteroatoms. The molecule has 0 spiro atoms. The molecule has 0 fully saturated rings. The average Bonchev–Trinajstić information content (AvgIpc) is 2.89. The zero-order valence-corrected chi connectivity index (χ0v) is 11.8. The fraction of sp³-hybridized carbons (Fsp3) is 0.0769. The van der Waals surface area contributed by atoms with E-state index in [1.165, 1.54) is 19.2 Å². The van der Waals surface area contributed by atoms with Crippen LogP contribution < -0.4 is 5.32 Å². The highest BCUT2D eigenvalue weighted by Gasteiger charge is 2.18. The lowest BCUT2D eigenvalue weighted by Crippen LogP contribution is -2.14. The van der Waals surface area contributed by atoms with Crippen LogP contribution >= 0.6 is 22.9 Å². The number of thiophene rings is 1. The van der Waals surface area contributed by atoms with E-state index in [4.69, 9.17) is 11.6 Å². The first-order valence-electron chi connectivity index (χ1n) is 5.45. The summed E-state index contributed by atoms with van der Waals surface area (Å²) in [5, 5.41) is 3.88. The quantitative estimate of drug-likeness (QED) is 0.881. The molecule has 0 saturated carbocycles. The van der Waals surface area contributed by atoms with Crippen LogP contribution in [0.1, 0.15) is 20.0 Å². The largest absolute Gasteiger partial charge is 0.465 e. The number of ether oxygens (including phenoxy) is 1. The van der Waals surface area contributed by atoms with Gasteiger partial charge in [-0.3, -0.25) is 4.79 Å². The van der Waals surface area contributed by atoms with Crippen LogP contribution in [0.5, 0.6) is 0 Å². The highest BCUT2D eigenvalue weighted by atomic mass is 35.5. The molecule has 2 aromatic rings. The molecule has 1 heterocycles. The number of esters is 1. The lowest BCUT2D eigenvalue weighted by atomic mass is 10.2. The fourth-order valence-electron chi connectivity index (χ4n) is 1.53. The van der Waals surface area contributed by atoms with Crippen molar-refractivity contribution in [2.75, 3.05) is 12.4 Å². The van der Waals surface area contributed by atoms with Crippen molar-refractivity contribution in [1.29, 1.82) is 0 Å². The van der Waals surface area contributed by atoms with Gasteiger partial charge in [0.1, 0.15) is 10.7 Å². The van der Waals surface area contributed by atoms with E-state index in [-0.39, 0.29) is 15.5 Å². The van der Waals surface area contributed by atoms with Crippen molar-refractivity contribution in [2.45, 2.75) is 0 Å². The van der Waals surface area contributed by atoms with Gasteiger partial charge in [-0.15, -0.1) is 11.3 Å². The summed E-state index contributed by atoms with van der Waals surface area (Å²) in [6, 6.07) is 5.49.